The zero-order valence-electron chi connectivity index (χ0n) is 46.2. The van der Waals surface area contributed by atoms with Gasteiger partial charge in [0.2, 0.25) is 0 Å². The molecule has 0 N–H and O–H groups in total. The molecule has 360 valence electrons. The normalized spacial score (nSPS) is 22.7. The maximum Gasteiger partial charge on any atom is 0.333 e. The van der Waals surface area contributed by atoms with E-state index in [0.717, 1.165) is 0 Å². The lowest BCUT2D eigenvalue weighted by molar-refractivity contribution is 0.195. The van der Waals surface area contributed by atoms with Crippen molar-refractivity contribution in [1.82, 2.24) is 0 Å². The van der Waals surface area contributed by atoms with Crippen LogP contribution in [0.4, 0.5) is 22.7 Å². The fourth-order valence-electron chi connectivity index (χ4n) is 15.6. The largest absolute Gasteiger partial charge is 0.376 e. The minimum Gasteiger partial charge on any atom is -0.376 e. The lowest BCUT2D eigenvalue weighted by Crippen LogP contribution is -2.65. The molecule has 6 aliphatic rings. The minimum atomic E-state index is -0.256. The van der Waals surface area contributed by atoms with Gasteiger partial charge in [0.05, 0.1) is 5.54 Å². The molecule has 0 aromatic heterocycles. The standard InChI is InChI=1S/C67H79BN2/c1-38-29-40(3)56(41(4)30-38)42-32-48-46-23-22-45-47-36-50-51(64(13,14)28-27-63(50,11)12)37-49(47)65(15,16)57(45)59(46)70(54-24-21-43(31-39(54)2)61(5,6)7)68-53-35-44(62(8,9)10)34-52-60(53)69(55(33-42)58(48)68)67(18)26-20-19-25-66(52,67)17/h21-24,29-37H,19-20,25-28H2,1-18H3. The monoisotopic (exact) mass is 923 g/mol. The van der Waals surface area contributed by atoms with Crippen LogP contribution in [0.2, 0.25) is 0 Å². The van der Waals surface area contributed by atoms with Gasteiger partial charge in [0.25, 0.3) is 0 Å². The van der Waals surface area contributed by atoms with Gasteiger partial charge in [-0.2, -0.15) is 0 Å². The summed E-state index contributed by atoms with van der Waals surface area (Å²) in [4.78, 5) is 5.86. The second-order valence-corrected chi connectivity index (χ2v) is 27.8. The molecular weight excluding hydrogens is 844 g/mol. The number of fused-ring (bicyclic) bond motifs is 12. The van der Waals surface area contributed by atoms with Crippen molar-refractivity contribution in [3.05, 3.63) is 140 Å². The van der Waals surface area contributed by atoms with Gasteiger partial charge >= 0.3 is 6.85 Å². The molecule has 1 saturated carbocycles. The van der Waals surface area contributed by atoms with Crippen molar-refractivity contribution in [3.8, 4) is 33.4 Å². The van der Waals surface area contributed by atoms with E-state index in [1.54, 1.807) is 16.7 Å². The summed E-state index contributed by atoms with van der Waals surface area (Å²) >= 11 is 0. The van der Waals surface area contributed by atoms with Gasteiger partial charge in [-0.25, -0.2) is 0 Å². The van der Waals surface area contributed by atoms with Gasteiger partial charge in [0.15, 0.2) is 0 Å². The van der Waals surface area contributed by atoms with Crippen molar-refractivity contribution in [2.45, 2.75) is 201 Å². The summed E-state index contributed by atoms with van der Waals surface area (Å²) in [6.07, 6.45) is 7.33. The fraction of sp³-hybridized carbons (Fsp3) is 0.463. The maximum absolute atomic E-state index is 2.95. The van der Waals surface area contributed by atoms with Crippen molar-refractivity contribution in [2.75, 3.05) is 9.71 Å². The number of hydrogen-bond donors (Lipinski definition) is 0. The highest BCUT2D eigenvalue weighted by atomic mass is 15.3. The molecule has 12 rings (SSSR count). The van der Waals surface area contributed by atoms with Crippen LogP contribution < -0.4 is 20.6 Å². The number of aryl methyl sites for hydroxylation is 4. The highest BCUT2D eigenvalue weighted by molar-refractivity contribution is 6.93. The SMILES string of the molecule is Cc1cc(C)c(-c2cc3c4c(c2)N2c5c(cc(C(C)(C)C)cc5C5(C)CCCCC25C)B4N(c2ccc(C(C)(C)C)cc2C)c2c-3ccc3c2C(C)(C)c2cc4c(cc2-3)C(C)(C)CCC4(C)C)c(C)c1. The van der Waals surface area contributed by atoms with E-state index in [-0.39, 0.29) is 44.9 Å². The second kappa shape index (κ2) is 14.1. The predicted molar refractivity (Wildman–Crippen MR) is 303 cm³/mol. The van der Waals surface area contributed by atoms with Gasteiger partial charge < -0.3 is 9.71 Å². The molecule has 0 saturated heterocycles. The smallest absolute Gasteiger partial charge is 0.333 e. The first-order valence-corrected chi connectivity index (χ1v) is 27.1. The van der Waals surface area contributed by atoms with Crippen LogP contribution in [0.3, 0.4) is 0 Å². The molecule has 6 aromatic rings. The number of anilines is 4. The van der Waals surface area contributed by atoms with Crippen LogP contribution in [0, 0.1) is 27.7 Å². The Morgan fingerprint density at radius 2 is 1.13 bits per heavy atom. The Bertz CT molecular complexity index is 3280. The highest BCUT2D eigenvalue weighted by Gasteiger charge is 2.62. The third kappa shape index (κ3) is 5.93. The summed E-state index contributed by atoms with van der Waals surface area (Å²) in [5.74, 6) is 0. The molecule has 0 radical (unpaired) electrons. The molecule has 2 atom stereocenters. The van der Waals surface area contributed by atoms with Gasteiger partial charge in [-0.3, -0.25) is 0 Å². The molecule has 6 aromatic carbocycles. The Morgan fingerprint density at radius 3 is 1.77 bits per heavy atom. The lowest BCUT2D eigenvalue weighted by atomic mass is 9.42. The van der Waals surface area contributed by atoms with Crippen molar-refractivity contribution in [1.29, 1.82) is 0 Å². The zero-order valence-corrected chi connectivity index (χ0v) is 46.2. The van der Waals surface area contributed by atoms with E-state index in [1.807, 2.05) is 0 Å². The third-order valence-corrected chi connectivity index (χ3v) is 19.9. The summed E-state index contributed by atoms with van der Waals surface area (Å²) in [5.41, 5.74) is 32.7. The molecular formula is C67H79BN2. The number of rotatable bonds is 2. The van der Waals surface area contributed by atoms with Crippen molar-refractivity contribution >= 4 is 40.5 Å². The summed E-state index contributed by atoms with van der Waals surface area (Å²) in [6, 6.07) is 33.4. The molecule has 70 heavy (non-hydrogen) atoms. The van der Waals surface area contributed by atoms with Crippen LogP contribution in [-0.2, 0) is 32.5 Å². The molecule has 0 bridgehead atoms. The number of hydrogen-bond acceptors (Lipinski definition) is 2. The van der Waals surface area contributed by atoms with Crippen LogP contribution in [0.25, 0.3) is 33.4 Å². The van der Waals surface area contributed by atoms with Crippen LogP contribution in [0.1, 0.15) is 197 Å². The van der Waals surface area contributed by atoms with E-state index in [4.69, 9.17) is 0 Å². The minimum absolute atomic E-state index is 0.00380. The van der Waals surface area contributed by atoms with Crippen LogP contribution in [0.15, 0.2) is 78.9 Å². The number of nitrogens with zero attached hydrogens (tertiary/aromatic N) is 2. The average Bonchev–Trinajstić information content (AvgIpc) is 3.63. The molecule has 2 nitrogen and oxygen atoms in total. The Morgan fingerprint density at radius 1 is 0.500 bits per heavy atom. The third-order valence-electron chi connectivity index (χ3n) is 19.9. The first kappa shape index (κ1) is 46.1. The first-order valence-electron chi connectivity index (χ1n) is 27.1. The summed E-state index contributed by atoms with van der Waals surface area (Å²) in [5, 5.41) is 0. The van der Waals surface area contributed by atoms with E-state index in [1.165, 1.54) is 150 Å². The quantitative estimate of drug-likeness (QED) is 0.160. The maximum atomic E-state index is 2.95. The van der Waals surface area contributed by atoms with Gasteiger partial charge in [-0.1, -0.05) is 163 Å². The van der Waals surface area contributed by atoms with Crippen LogP contribution in [0.5, 0.6) is 0 Å². The fourth-order valence-corrected chi connectivity index (χ4v) is 15.6. The summed E-state index contributed by atoms with van der Waals surface area (Å²) in [6.45, 7) is 44.1. The van der Waals surface area contributed by atoms with E-state index >= 15 is 0 Å². The van der Waals surface area contributed by atoms with E-state index in [9.17, 15) is 0 Å². The molecule has 3 heteroatoms. The Kier molecular flexibility index (Phi) is 9.31. The molecule has 3 aliphatic carbocycles. The molecule has 0 spiro atoms. The zero-order chi connectivity index (χ0) is 49.9. The van der Waals surface area contributed by atoms with Gasteiger partial charge in [0, 0.05) is 39.1 Å². The van der Waals surface area contributed by atoms with E-state index in [0.29, 0.717) is 0 Å². The summed E-state index contributed by atoms with van der Waals surface area (Å²) in [7, 11) is 0. The van der Waals surface area contributed by atoms with Crippen molar-refractivity contribution in [3.63, 3.8) is 0 Å². The highest BCUT2D eigenvalue weighted by Crippen LogP contribution is 2.65. The molecule has 3 heterocycles. The second-order valence-electron chi connectivity index (χ2n) is 27.8. The molecule has 0 amide bonds. The molecule has 2 unspecified atom stereocenters. The molecule has 1 fully saturated rings. The topological polar surface area (TPSA) is 6.48 Å². The van der Waals surface area contributed by atoms with E-state index in [2.05, 4.69) is 213 Å². The molecule has 3 aliphatic heterocycles. The average molecular weight is 923 g/mol. The van der Waals surface area contributed by atoms with Gasteiger partial charge in [-0.05, 0) is 201 Å². The Labute approximate surface area is 422 Å². The van der Waals surface area contributed by atoms with Gasteiger partial charge in [-0.15, -0.1) is 0 Å². The lowest BCUT2D eigenvalue weighted by Gasteiger charge is -2.53. The van der Waals surface area contributed by atoms with Crippen molar-refractivity contribution in [2.24, 2.45) is 0 Å². The van der Waals surface area contributed by atoms with Crippen molar-refractivity contribution < 1.29 is 0 Å². The van der Waals surface area contributed by atoms with Crippen LogP contribution >= 0.6 is 0 Å². The summed E-state index contributed by atoms with van der Waals surface area (Å²) < 4.78 is 0. The van der Waals surface area contributed by atoms with E-state index < -0.39 is 0 Å². The Balaban J connectivity index is 1.26. The van der Waals surface area contributed by atoms with Gasteiger partial charge in [0.1, 0.15) is 0 Å². The predicted octanol–water partition coefficient (Wildman–Crippen LogP) is 16.8. The number of benzene rings is 6. The Hall–Kier alpha value is -5.02. The first-order chi connectivity index (χ1) is 32.6. The van der Waals surface area contributed by atoms with Crippen LogP contribution in [-0.4, -0.2) is 12.4 Å².